The molecule has 0 saturated heterocycles. The van der Waals surface area contributed by atoms with Gasteiger partial charge >= 0.3 is 0 Å². The van der Waals surface area contributed by atoms with Crippen molar-refractivity contribution in [3.05, 3.63) is 72.6 Å². The van der Waals surface area contributed by atoms with Gasteiger partial charge in [-0.3, -0.25) is 4.90 Å². The van der Waals surface area contributed by atoms with Crippen LogP contribution in [0.4, 0.5) is 0 Å². The highest BCUT2D eigenvalue weighted by molar-refractivity contribution is 5.92. The zero-order valence-electron chi connectivity index (χ0n) is 17.2. The molecule has 1 aliphatic rings. The van der Waals surface area contributed by atoms with E-state index >= 15 is 0 Å². The van der Waals surface area contributed by atoms with E-state index in [1.54, 1.807) is 7.11 Å². The number of hydrogen-bond donors (Lipinski definition) is 2. The molecular weight excluding hydrogens is 374 g/mol. The summed E-state index contributed by atoms with van der Waals surface area (Å²) in [5.41, 5.74) is 4.97. The summed E-state index contributed by atoms with van der Waals surface area (Å²) in [6, 6.07) is 16.5. The van der Waals surface area contributed by atoms with Gasteiger partial charge in [-0.05, 0) is 36.3 Å². The van der Waals surface area contributed by atoms with Gasteiger partial charge in [0.1, 0.15) is 5.75 Å². The summed E-state index contributed by atoms with van der Waals surface area (Å²) in [5, 5.41) is 13.1. The first-order valence-electron chi connectivity index (χ1n) is 10.5. The number of benzene rings is 2. The molecule has 30 heavy (non-hydrogen) atoms. The molecule has 0 fully saturated rings. The summed E-state index contributed by atoms with van der Waals surface area (Å²) < 4.78 is 7.55. The molecule has 0 radical (unpaired) electrons. The summed E-state index contributed by atoms with van der Waals surface area (Å²) >= 11 is 0. The van der Waals surface area contributed by atoms with Crippen molar-refractivity contribution in [2.75, 3.05) is 26.7 Å². The molecule has 0 aliphatic carbocycles. The smallest absolute Gasteiger partial charge is 0.128 e. The third-order valence-corrected chi connectivity index (χ3v) is 6.10. The van der Waals surface area contributed by atoms with Gasteiger partial charge in [-0.25, -0.2) is 0 Å². The molecule has 2 aromatic heterocycles. The van der Waals surface area contributed by atoms with Gasteiger partial charge in [0.2, 0.25) is 0 Å². The minimum atomic E-state index is -0.421. The summed E-state index contributed by atoms with van der Waals surface area (Å²) in [6.07, 6.45) is 7.03. The highest BCUT2D eigenvalue weighted by Gasteiger charge is 2.18. The lowest BCUT2D eigenvalue weighted by molar-refractivity contribution is 0.104. The van der Waals surface area contributed by atoms with E-state index in [1.165, 1.54) is 22.0 Å². The number of fused-ring (bicyclic) bond motifs is 2. The number of rotatable bonds is 6. The number of aliphatic hydroxyl groups is 1. The topological polar surface area (TPSA) is 53.4 Å². The first kappa shape index (κ1) is 19.0. The number of methoxy groups -OCH3 is 1. The Labute approximate surface area is 176 Å². The SMILES string of the molecule is COc1cccc2c1ccn2CC(O)CN1CC=C(c2c[nH]c3ccccc23)CC1. The van der Waals surface area contributed by atoms with E-state index in [1.807, 2.05) is 18.3 Å². The fourth-order valence-corrected chi connectivity index (χ4v) is 4.57. The van der Waals surface area contributed by atoms with Crippen LogP contribution < -0.4 is 4.74 Å². The molecule has 2 N–H and O–H groups in total. The number of β-amino-alcohol motifs (C(OH)–C–C–N with tert-alkyl or cyclic N) is 1. The second kappa shape index (κ2) is 8.01. The number of aromatic nitrogens is 2. The Morgan fingerprint density at radius 2 is 1.97 bits per heavy atom. The molecule has 2 aromatic carbocycles. The van der Waals surface area contributed by atoms with E-state index in [-0.39, 0.29) is 0 Å². The molecule has 4 aromatic rings. The lowest BCUT2D eigenvalue weighted by Crippen LogP contribution is -2.37. The Kier molecular flexibility index (Phi) is 5.07. The fourth-order valence-electron chi connectivity index (χ4n) is 4.57. The van der Waals surface area contributed by atoms with Gasteiger partial charge < -0.3 is 19.4 Å². The number of aliphatic hydroxyl groups excluding tert-OH is 1. The van der Waals surface area contributed by atoms with Crippen molar-refractivity contribution in [1.82, 2.24) is 14.5 Å². The van der Waals surface area contributed by atoms with Gasteiger partial charge in [-0.1, -0.05) is 30.3 Å². The maximum absolute atomic E-state index is 10.7. The fraction of sp³-hybridized carbons (Fsp3) is 0.280. The molecule has 0 saturated carbocycles. The number of para-hydroxylation sites is 1. The molecule has 154 valence electrons. The molecule has 0 spiro atoms. The van der Waals surface area contributed by atoms with Crippen LogP contribution in [0.15, 0.2) is 67.0 Å². The van der Waals surface area contributed by atoms with Crippen LogP contribution >= 0.6 is 0 Å². The van der Waals surface area contributed by atoms with E-state index in [9.17, 15) is 5.11 Å². The Bertz CT molecular complexity index is 1200. The second-order valence-corrected chi connectivity index (χ2v) is 8.00. The Morgan fingerprint density at radius 3 is 2.80 bits per heavy atom. The van der Waals surface area contributed by atoms with Crippen molar-refractivity contribution in [2.24, 2.45) is 0 Å². The molecular formula is C25H27N3O2. The Morgan fingerprint density at radius 1 is 1.07 bits per heavy atom. The van der Waals surface area contributed by atoms with Gasteiger partial charge in [0.25, 0.3) is 0 Å². The maximum atomic E-state index is 10.7. The van der Waals surface area contributed by atoms with E-state index in [4.69, 9.17) is 4.74 Å². The predicted octanol–water partition coefficient (Wildman–Crippen LogP) is 4.28. The number of ether oxygens (including phenoxy) is 1. The standard InChI is InChI=1S/C25H27N3O2/c1-30-25-8-4-7-24-21(25)11-14-28(24)17-19(29)16-27-12-9-18(10-13-27)22-15-26-23-6-3-2-5-20(22)23/h2-9,11,14-15,19,26,29H,10,12-13,16-17H2,1H3. The van der Waals surface area contributed by atoms with Crippen LogP contribution in [0.3, 0.4) is 0 Å². The third-order valence-electron chi connectivity index (χ3n) is 6.10. The molecule has 1 aliphatic heterocycles. The highest BCUT2D eigenvalue weighted by Crippen LogP contribution is 2.29. The van der Waals surface area contributed by atoms with E-state index in [2.05, 4.69) is 63.1 Å². The second-order valence-electron chi connectivity index (χ2n) is 8.00. The number of nitrogens with zero attached hydrogens (tertiary/aromatic N) is 2. The first-order valence-corrected chi connectivity index (χ1v) is 10.5. The molecule has 0 amide bonds. The van der Waals surface area contributed by atoms with E-state index < -0.39 is 6.10 Å². The molecule has 5 heteroatoms. The zero-order chi connectivity index (χ0) is 20.5. The number of aromatic amines is 1. The monoisotopic (exact) mass is 401 g/mol. The number of hydrogen-bond acceptors (Lipinski definition) is 3. The summed E-state index contributed by atoms with van der Waals surface area (Å²) in [7, 11) is 1.69. The average Bonchev–Trinajstić information content (AvgIpc) is 3.39. The minimum absolute atomic E-state index is 0.421. The zero-order valence-corrected chi connectivity index (χ0v) is 17.2. The molecule has 3 heterocycles. The van der Waals surface area contributed by atoms with Gasteiger partial charge in [0.15, 0.2) is 0 Å². The van der Waals surface area contributed by atoms with E-state index in [0.29, 0.717) is 13.1 Å². The van der Waals surface area contributed by atoms with Gasteiger partial charge in [-0.2, -0.15) is 0 Å². The van der Waals surface area contributed by atoms with Crippen LogP contribution in [0.5, 0.6) is 5.75 Å². The number of H-pyrrole nitrogens is 1. The molecule has 1 atom stereocenters. The van der Waals surface area contributed by atoms with Gasteiger partial charge in [0, 0.05) is 60.4 Å². The van der Waals surface area contributed by atoms with Crippen molar-refractivity contribution < 1.29 is 9.84 Å². The van der Waals surface area contributed by atoms with Crippen molar-refractivity contribution in [3.8, 4) is 5.75 Å². The van der Waals surface area contributed by atoms with Crippen LogP contribution in [-0.2, 0) is 6.54 Å². The minimum Gasteiger partial charge on any atom is -0.496 e. The van der Waals surface area contributed by atoms with Crippen molar-refractivity contribution >= 4 is 27.4 Å². The summed E-state index contributed by atoms with van der Waals surface area (Å²) in [5.74, 6) is 0.867. The molecule has 0 bridgehead atoms. The van der Waals surface area contributed by atoms with Crippen LogP contribution in [0.1, 0.15) is 12.0 Å². The first-order chi connectivity index (χ1) is 14.7. The predicted molar refractivity (Wildman–Crippen MR) is 122 cm³/mol. The Balaban J connectivity index is 1.24. The Hall–Kier alpha value is -3.02. The van der Waals surface area contributed by atoms with Gasteiger partial charge in [-0.15, -0.1) is 0 Å². The molecule has 5 rings (SSSR count). The number of nitrogens with one attached hydrogen (secondary N) is 1. The van der Waals surface area contributed by atoms with Crippen LogP contribution in [0.25, 0.3) is 27.4 Å². The normalized spacial score (nSPS) is 16.1. The van der Waals surface area contributed by atoms with Crippen LogP contribution in [0, 0.1) is 0 Å². The van der Waals surface area contributed by atoms with Crippen molar-refractivity contribution in [3.63, 3.8) is 0 Å². The highest BCUT2D eigenvalue weighted by atomic mass is 16.5. The third kappa shape index (κ3) is 3.51. The quantitative estimate of drug-likeness (QED) is 0.507. The van der Waals surface area contributed by atoms with Crippen LogP contribution in [-0.4, -0.2) is 52.4 Å². The largest absolute Gasteiger partial charge is 0.496 e. The summed E-state index contributed by atoms with van der Waals surface area (Å²) in [6.45, 7) is 3.07. The van der Waals surface area contributed by atoms with Gasteiger partial charge in [0.05, 0.1) is 18.7 Å². The van der Waals surface area contributed by atoms with Crippen LogP contribution in [0.2, 0.25) is 0 Å². The average molecular weight is 402 g/mol. The van der Waals surface area contributed by atoms with Crippen molar-refractivity contribution in [2.45, 2.75) is 19.1 Å². The summed E-state index contributed by atoms with van der Waals surface area (Å²) in [4.78, 5) is 5.70. The molecule has 5 nitrogen and oxygen atoms in total. The lowest BCUT2D eigenvalue weighted by Gasteiger charge is -2.28. The maximum Gasteiger partial charge on any atom is 0.128 e. The van der Waals surface area contributed by atoms with Crippen molar-refractivity contribution in [1.29, 1.82) is 0 Å². The molecule has 1 unspecified atom stereocenters. The lowest BCUT2D eigenvalue weighted by atomic mass is 9.99. The van der Waals surface area contributed by atoms with E-state index in [0.717, 1.165) is 36.2 Å².